The van der Waals surface area contributed by atoms with E-state index in [1.165, 1.54) is 16.6 Å². The van der Waals surface area contributed by atoms with Gasteiger partial charge in [-0.1, -0.05) is 29.2 Å². The number of benzene rings is 1. The summed E-state index contributed by atoms with van der Waals surface area (Å²) in [5, 5.41) is 0. The van der Waals surface area contributed by atoms with Gasteiger partial charge in [0.25, 0.3) is 0 Å². The van der Waals surface area contributed by atoms with E-state index in [0.717, 1.165) is 0 Å². The molecule has 0 aliphatic heterocycles. The molecule has 0 amide bonds. The lowest BCUT2D eigenvalue weighted by molar-refractivity contribution is 1.07. The van der Waals surface area contributed by atoms with Crippen molar-refractivity contribution in [2.75, 3.05) is 0 Å². The van der Waals surface area contributed by atoms with E-state index in [4.69, 9.17) is 5.73 Å². The second-order valence-electron chi connectivity index (χ2n) is 2.70. The molecule has 52 valence electrons. The Bertz CT molecular complexity index is 212. The first kappa shape index (κ1) is 7.35. The van der Waals surface area contributed by atoms with Crippen LogP contribution in [0.2, 0.25) is 0 Å². The maximum atomic E-state index is 5.49. The van der Waals surface area contributed by atoms with E-state index in [1.807, 2.05) is 0 Å². The van der Waals surface area contributed by atoms with Gasteiger partial charge < -0.3 is 5.73 Å². The molecule has 1 nitrogen and oxygen atoms in total. The highest BCUT2D eigenvalue weighted by molar-refractivity contribution is 6.32. The van der Waals surface area contributed by atoms with Crippen LogP contribution in [0, 0.1) is 6.92 Å². The zero-order chi connectivity index (χ0) is 7.56. The van der Waals surface area contributed by atoms with Crippen LogP contribution in [0.4, 0.5) is 0 Å². The Labute approximate surface area is 62.7 Å². The van der Waals surface area contributed by atoms with Crippen LogP contribution in [0.15, 0.2) is 18.2 Å². The van der Waals surface area contributed by atoms with Gasteiger partial charge in [-0.15, -0.1) is 0 Å². The minimum Gasteiger partial charge on any atom is -0.326 e. The Hall–Kier alpha value is -0.755. The molecule has 0 bridgehead atoms. The standard InChI is InChI=1S/C8H12BN/c1-6-2-7(5-10)4-8(9)3-6/h2-4H,5,9-10H2,1H3. The SMILES string of the molecule is Bc1cc(C)cc(CN)c1. The molecular weight excluding hydrogens is 121 g/mol. The normalized spacial score (nSPS) is 9.80. The molecule has 2 heteroatoms. The van der Waals surface area contributed by atoms with Crippen LogP contribution in [0.1, 0.15) is 11.1 Å². The second kappa shape index (κ2) is 2.89. The fourth-order valence-electron chi connectivity index (χ4n) is 1.19. The summed E-state index contributed by atoms with van der Waals surface area (Å²) in [6.07, 6.45) is 0. The van der Waals surface area contributed by atoms with Gasteiger partial charge in [-0.3, -0.25) is 0 Å². The van der Waals surface area contributed by atoms with Crippen molar-refractivity contribution in [1.29, 1.82) is 0 Å². The fourth-order valence-corrected chi connectivity index (χ4v) is 1.19. The van der Waals surface area contributed by atoms with Crippen LogP contribution in [-0.2, 0) is 6.54 Å². The van der Waals surface area contributed by atoms with Crippen molar-refractivity contribution in [3.8, 4) is 0 Å². The van der Waals surface area contributed by atoms with Gasteiger partial charge in [-0.2, -0.15) is 0 Å². The van der Waals surface area contributed by atoms with Gasteiger partial charge in [0.15, 0.2) is 0 Å². The maximum Gasteiger partial charge on any atom is 0.139 e. The number of aryl methyl sites for hydroxylation is 1. The summed E-state index contributed by atoms with van der Waals surface area (Å²) in [4.78, 5) is 0. The Balaban J connectivity index is 3.06. The summed E-state index contributed by atoms with van der Waals surface area (Å²) in [6.45, 7) is 2.73. The number of hydrogen-bond donors (Lipinski definition) is 1. The number of nitrogens with two attached hydrogens (primary N) is 1. The largest absolute Gasteiger partial charge is 0.326 e. The lowest BCUT2D eigenvalue weighted by Gasteiger charge is -2.00. The summed E-state index contributed by atoms with van der Waals surface area (Å²) < 4.78 is 0. The fraction of sp³-hybridized carbons (Fsp3) is 0.250. The molecule has 0 heterocycles. The molecule has 0 saturated carbocycles. The third kappa shape index (κ3) is 1.61. The Morgan fingerprint density at radius 1 is 1.40 bits per heavy atom. The zero-order valence-corrected chi connectivity index (χ0v) is 6.52. The van der Waals surface area contributed by atoms with Crippen molar-refractivity contribution in [3.63, 3.8) is 0 Å². The monoisotopic (exact) mass is 133 g/mol. The van der Waals surface area contributed by atoms with Gasteiger partial charge in [0, 0.05) is 6.54 Å². The van der Waals surface area contributed by atoms with Gasteiger partial charge in [0.1, 0.15) is 7.85 Å². The van der Waals surface area contributed by atoms with E-state index < -0.39 is 0 Å². The molecule has 0 aromatic heterocycles. The van der Waals surface area contributed by atoms with E-state index in [-0.39, 0.29) is 0 Å². The molecule has 0 aliphatic carbocycles. The predicted octanol–water partition coefficient (Wildman–Crippen LogP) is -0.288. The third-order valence-electron chi connectivity index (χ3n) is 1.52. The molecule has 0 saturated heterocycles. The van der Waals surface area contributed by atoms with Crippen molar-refractivity contribution in [2.45, 2.75) is 13.5 Å². The molecule has 0 fully saturated rings. The maximum absolute atomic E-state index is 5.49. The number of hydrogen-bond acceptors (Lipinski definition) is 1. The van der Waals surface area contributed by atoms with Crippen molar-refractivity contribution in [2.24, 2.45) is 5.73 Å². The molecule has 0 spiro atoms. The summed E-state index contributed by atoms with van der Waals surface area (Å²) in [7, 11) is 2.09. The summed E-state index contributed by atoms with van der Waals surface area (Å²) in [6, 6.07) is 6.39. The molecule has 2 N–H and O–H groups in total. The number of rotatable bonds is 1. The van der Waals surface area contributed by atoms with Gasteiger partial charge in [-0.25, -0.2) is 0 Å². The Morgan fingerprint density at radius 3 is 2.60 bits per heavy atom. The molecule has 0 unspecified atom stereocenters. The van der Waals surface area contributed by atoms with Crippen LogP contribution in [0.5, 0.6) is 0 Å². The highest BCUT2D eigenvalue weighted by Gasteiger charge is 1.91. The van der Waals surface area contributed by atoms with Crippen molar-refractivity contribution in [1.82, 2.24) is 0 Å². The average molecular weight is 133 g/mol. The van der Waals surface area contributed by atoms with Gasteiger partial charge >= 0.3 is 0 Å². The molecule has 10 heavy (non-hydrogen) atoms. The van der Waals surface area contributed by atoms with Crippen molar-refractivity contribution < 1.29 is 0 Å². The zero-order valence-electron chi connectivity index (χ0n) is 6.52. The van der Waals surface area contributed by atoms with E-state index >= 15 is 0 Å². The average Bonchev–Trinajstić information content (AvgIpc) is 1.85. The highest BCUT2D eigenvalue weighted by atomic mass is 14.5. The topological polar surface area (TPSA) is 26.0 Å². The van der Waals surface area contributed by atoms with E-state index in [2.05, 4.69) is 33.0 Å². The first-order chi connectivity index (χ1) is 4.72. The lowest BCUT2D eigenvalue weighted by atomic mass is 9.92. The summed E-state index contributed by atoms with van der Waals surface area (Å²) in [5.41, 5.74) is 9.29. The molecule has 1 aromatic carbocycles. The summed E-state index contributed by atoms with van der Waals surface area (Å²) >= 11 is 0. The predicted molar refractivity (Wildman–Crippen MR) is 47.2 cm³/mol. The third-order valence-corrected chi connectivity index (χ3v) is 1.52. The first-order valence-electron chi connectivity index (χ1n) is 3.49. The lowest BCUT2D eigenvalue weighted by Crippen LogP contribution is -2.06. The van der Waals surface area contributed by atoms with E-state index in [0.29, 0.717) is 6.54 Å². The molecule has 0 atom stereocenters. The minimum absolute atomic E-state index is 0.641. The quantitative estimate of drug-likeness (QED) is 0.523. The highest BCUT2D eigenvalue weighted by Crippen LogP contribution is 1.99. The van der Waals surface area contributed by atoms with Gasteiger partial charge in [0.05, 0.1) is 0 Å². The smallest absolute Gasteiger partial charge is 0.139 e. The Morgan fingerprint density at radius 2 is 2.10 bits per heavy atom. The van der Waals surface area contributed by atoms with E-state index in [1.54, 1.807) is 0 Å². The Kier molecular flexibility index (Phi) is 2.12. The van der Waals surface area contributed by atoms with E-state index in [9.17, 15) is 0 Å². The van der Waals surface area contributed by atoms with Crippen molar-refractivity contribution in [3.05, 3.63) is 29.3 Å². The van der Waals surface area contributed by atoms with Crippen molar-refractivity contribution >= 4 is 13.3 Å². The molecule has 1 aromatic rings. The van der Waals surface area contributed by atoms with Gasteiger partial charge in [0.2, 0.25) is 0 Å². The van der Waals surface area contributed by atoms with Gasteiger partial charge in [-0.05, 0) is 12.5 Å². The summed E-state index contributed by atoms with van der Waals surface area (Å²) in [5.74, 6) is 0. The molecule has 1 rings (SSSR count). The van der Waals surface area contributed by atoms with Crippen LogP contribution < -0.4 is 11.2 Å². The molecule has 0 radical (unpaired) electrons. The second-order valence-corrected chi connectivity index (χ2v) is 2.70. The molecular formula is C8H12BN. The molecule has 0 aliphatic rings. The van der Waals surface area contributed by atoms with Crippen LogP contribution >= 0.6 is 0 Å². The van der Waals surface area contributed by atoms with Crippen LogP contribution in [0.3, 0.4) is 0 Å². The van der Waals surface area contributed by atoms with Crippen LogP contribution in [-0.4, -0.2) is 7.85 Å². The minimum atomic E-state index is 0.641. The van der Waals surface area contributed by atoms with Crippen LogP contribution in [0.25, 0.3) is 0 Å². The first-order valence-corrected chi connectivity index (χ1v) is 3.49.